The maximum absolute atomic E-state index is 5.91. The van der Waals surface area contributed by atoms with Gasteiger partial charge >= 0.3 is 0 Å². The fraction of sp³-hybridized carbons (Fsp3) is 0.688. The molecule has 3 rings (SSSR count). The van der Waals surface area contributed by atoms with Gasteiger partial charge < -0.3 is 14.6 Å². The van der Waals surface area contributed by atoms with Crippen LogP contribution in [0.2, 0.25) is 0 Å². The second-order valence-electron chi connectivity index (χ2n) is 6.58. The third-order valence-corrected chi connectivity index (χ3v) is 4.29. The van der Waals surface area contributed by atoms with Gasteiger partial charge in [0.15, 0.2) is 5.82 Å². The van der Waals surface area contributed by atoms with Gasteiger partial charge in [-0.15, -0.1) is 0 Å². The molecular weight excluding hydrogens is 294 g/mol. The van der Waals surface area contributed by atoms with E-state index in [1.165, 1.54) is 0 Å². The molecule has 0 radical (unpaired) electrons. The third kappa shape index (κ3) is 3.61. The molecule has 1 N–H and O–H groups in total. The molecule has 0 unspecified atom stereocenters. The van der Waals surface area contributed by atoms with Gasteiger partial charge in [0.25, 0.3) is 0 Å². The average molecular weight is 319 g/mol. The van der Waals surface area contributed by atoms with E-state index in [-0.39, 0.29) is 12.1 Å². The summed E-state index contributed by atoms with van der Waals surface area (Å²) in [5.74, 6) is 1.93. The predicted molar refractivity (Wildman–Crippen MR) is 84.7 cm³/mol. The summed E-state index contributed by atoms with van der Waals surface area (Å²) >= 11 is 0. The largest absolute Gasteiger partial charge is 0.372 e. The minimum atomic E-state index is 0.0294. The van der Waals surface area contributed by atoms with Crippen LogP contribution in [-0.4, -0.2) is 32.6 Å². The molecule has 126 valence electrons. The Bertz CT molecular complexity index is 649. The van der Waals surface area contributed by atoms with Crippen molar-refractivity contribution < 1.29 is 9.26 Å². The highest BCUT2D eigenvalue weighted by atomic mass is 16.5. The van der Waals surface area contributed by atoms with Gasteiger partial charge in [-0.2, -0.15) is 10.1 Å². The zero-order valence-corrected chi connectivity index (χ0v) is 14.2. The van der Waals surface area contributed by atoms with Crippen LogP contribution in [0, 0.1) is 12.8 Å². The van der Waals surface area contributed by atoms with Crippen LogP contribution in [0.5, 0.6) is 0 Å². The van der Waals surface area contributed by atoms with Crippen LogP contribution < -0.4 is 5.32 Å². The topological polar surface area (TPSA) is 78.0 Å². The zero-order chi connectivity index (χ0) is 16.4. The molecule has 2 aromatic rings. The fourth-order valence-electron chi connectivity index (χ4n) is 2.93. The molecule has 1 aliphatic heterocycles. The van der Waals surface area contributed by atoms with Crippen LogP contribution in [0.3, 0.4) is 0 Å². The summed E-state index contributed by atoms with van der Waals surface area (Å²) in [6.45, 7) is 7.67. The molecule has 23 heavy (non-hydrogen) atoms. The molecule has 0 saturated carbocycles. The van der Waals surface area contributed by atoms with Crippen molar-refractivity contribution in [2.24, 2.45) is 13.0 Å². The van der Waals surface area contributed by atoms with Gasteiger partial charge in [-0.3, -0.25) is 4.68 Å². The van der Waals surface area contributed by atoms with E-state index in [2.05, 4.69) is 41.3 Å². The van der Waals surface area contributed by atoms with Crippen LogP contribution >= 0.6 is 0 Å². The van der Waals surface area contributed by atoms with E-state index < -0.39 is 0 Å². The zero-order valence-electron chi connectivity index (χ0n) is 14.2. The predicted octanol–water partition coefficient (Wildman–Crippen LogP) is 1.93. The van der Waals surface area contributed by atoms with Crippen LogP contribution in [0.15, 0.2) is 10.7 Å². The second-order valence-corrected chi connectivity index (χ2v) is 6.58. The molecule has 2 atom stereocenters. The summed E-state index contributed by atoms with van der Waals surface area (Å²) in [6, 6.07) is 0.235. The average Bonchev–Trinajstić information content (AvgIpc) is 3.19. The molecule has 0 spiro atoms. The quantitative estimate of drug-likeness (QED) is 0.876. The first-order valence-corrected chi connectivity index (χ1v) is 8.19. The Morgan fingerprint density at radius 2 is 2.26 bits per heavy atom. The molecule has 0 amide bonds. The van der Waals surface area contributed by atoms with Crippen molar-refractivity contribution in [1.29, 1.82) is 0 Å². The van der Waals surface area contributed by atoms with Crippen LogP contribution in [-0.2, 0) is 24.8 Å². The molecule has 7 heteroatoms. The Morgan fingerprint density at radius 3 is 2.96 bits per heavy atom. The Kier molecular flexibility index (Phi) is 4.77. The normalized spacial score (nSPS) is 21.4. The fourth-order valence-corrected chi connectivity index (χ4v) is 2.93. The molecule has 2 aromatic heterocycles. The number of aromatic nitrogens is 4. The lowest BCUT2D eigenvalue weighted by atomic mass is 10.0. The molecular formula is C16H25N5O2. The van der Waals surface area contributed by atoms with Gasteiger partial charge in [0.1, 0.15) is 6.10 Å². The maximum atomic E-state index is 5.91. The lowest BCUT2D eigenvalue weighted by Gasteiger charge is -2.19. The summed E-state index contributed by atoms with van der Waals surface area (Å²) in [7, 11) is 1.95. The summed E-state index contributed by atoms with van der Waals surface area (Å²) in [4.78, 5) is 4.43. The highest BCUT2D eigenvalue weighted by molar-refractivity contribution is 5.21. The van der Waals surface area contributed by atoms with Gasteiger partial charge in [-0.25, -0.2) is 0 Å². The summed E-state index contributed by atoms with van der Waals surface area (Å²) in [6.07, 6.45) is 3.73. The number of ether oxygens (including phenoxy) is 1. The van der Waals surface area contributed by atoms with Crippen LogP contribution in [0.1, 0.15) is 49.3 Å². The van der Waals surface area contributed by atoms with Crippen molar-refractivity contribution >= 4 is 0 Å². The first-order valence-electron chi connectivity index (χ1n) is 8.19. The first-order chi connectivity index (χ1) is 11.0. The summed E-state index contributed by atoms with van der Waals surface area (Å²) in [5, 5.41) is 11.8. The number of nitrogens with zero attached hydrogens (tertiary/aromatic N) is 4. The summed E-state index contributed by atoms with van der Waals surface area (Å²) in [5.41, 5.74) is 2.29. The van der Waals surface area contributed by atoms with E-state index in [9.17, 15) is 0 Å². The SMILES string of the molecule is Cc1c([C@H]2OCC[C@@H]2NCc2nc(CC(C)C)no2)cnn1C. The number of nitrogens with one attached hydrogen (secondary N) is 1. The molecule has 7 nitrogen and oxygen atoms in total. The maximum Gasteiger partial charge on any atom is 0.240 e. The Morgan fingerprint density at radius 1 is 1.43 bits per heavy atom. The molecule has 0 aromatic carbocycles. The number of rotatable bonds is 6. The van der Waals surface area contributed by atoms with Crippen LogP contribution in [0.25, 0.3) is 0 Å². The Balaban J connectivity index is 1.61. The number of hydrogen-bond donors (Lipinski definition) is 1. The van der Waals surface area contributed by atoms with E-state index in [0.717, 1.165) is 36.5 Å². The van der Waals surface area contributed by atoms with E-state index >= 15 is 0 Å². The Labute approximate surface area is 136 Å². The van der Waals surface area contributed by atoms with Crippen molar-refractivity contribution in [1.82, 2.24) is 25.2 Å². The lowest BCUT2D eigenvalue weighted by molar-refractivity contribution is 0.0973. The lowest BCUT2D eigenvalue weighted by Crippen LogP contribution is -2.31. The smallest absolute Gasteiger partial charge is 0.240 e. The first kappa shape index (κ1) is 16.1. The van der Waals surface area contributed by atoms with Gasteiger partial charge in [-0.1, -0.05) is 19.0 Å². The van der Waals surface area contributed by atoms with Crippen molar-refractivity contribution in [3.05, 3.63) is 29.2 Å². The molecule has 3 heterocycles. The monoisotopic (exact) mass is 319 g/mol. The minimum absolute atomic E-state index is 0.0294. The molecule has 1 fully saturated rings. The number of hydrogen-bond acceptors (Lipinski definition) is 6. The van der Waals surface area contributed by atoms with Crippen molar-refractivity contribution in [2.45, 2.75) is 52.3 Å². The highest BCUT2D eigenvalue weighted by Gasteiger charge is 2.32. The van der Waals surface area contributed by atoms with Crippen molar-refractivity contribution in [2.75, 3.05) is 6.61 Å². The molecule has 1 aliphatic rings. The van der Waals surface area contributed by atoms with Gasteiger partial charge in [0.2, 0.25) is 5.89 Å². The molecule has 0 bridgehead atoms. The van der Waals surface area contributed by atoms with E-state index in [4.69, 9.17) is 9.26 Å². The van der Waals surface area contributed by atoms with E-state index in [1.807, 2.05) is 17.9 Å². The molecule has 0 aliphatic carbocycles. The van der Waals surface area contributed by atoms with Crippen LogP contribution in [0.4, 0.5) is 0 Å². The van der Waals surface area contributed by atoms with E-state index in [1.54, 1.807) is 0 Å². The van der Waals surface area contributed by atoms with E-state index in [0.29, 0.717) is 18.4 Å². The van der Waals surface area contributed by atoms with Gasteiger partial charge in [-0.05, 0) is 19.3 Å². The highest BCUT2D eigenvalue weighted by Crippen LogP contribution is 2.31. The third-order valence-electron chi connectivity index (χ3n) is 4.29. The van der Waals surface area contributed by atoms with Crippen molar-refractivity contribution in [3.63, 3.8) is 0 Å². The van der Waals surface area contributed by atoms with Crippen molar-refractivity contribution in [3.8, 4) is 0 Å². The standard InChI is InChI=1S/C16H25N5O2/c1-10(2)7-14-19-15(23-20-14)9-17-13-5-6-22-16(13)12-8-18-21(4)11(12)3/h8,10,13,16-17H,5-7,9H2,1-4H3/t13-,16+/m0/s1. The van der Waals surface area contributed by atoms with Gasteiger partial charge in [0, 0.05) is 37.4 Å². The van der Waals surface area contributed by atoms with Gasteiger partial charge in [0.05, 0.1) is 12.7 Å². The minimum Gasteiger partial charge on any atom is -0.372 e. The Hall–Kier alpha value is -1.73. The number of aryl methyl sites for hydroxylation is 1. The second kappa shape index (κ2) is 6.80. The molecule has 1 saturated heterocycles. The summed E-state index contributed by atoms with van der Waals surface area (Å²) < 4.78 is 13.1.